The van der Waals surface area contributed by atoms with Crippen molar-refractivity contribution in [2.24, 2.45) is 0 Å². The number of aliphatic carboxylic acids is 1. The normalized spacial score (nSPS) is 14.2. The van der Waals surface area contributed by atoms with Gasteiger partial charge in [-0.2, -0.15) is 0 Å². The van der Waals surface area contributed by atoms with Gasteiger partial charge in [0.25, 0.3) is 0 Å². The molecule has 6 nitrogen and oxygen atoms in total. The van der Waals surface area contributed by atoms with E-state index < -0.39 is 33.0 Å². The minimum absolute atomic E-state index is 0.335. The summed E-state index contributed by atoms with van der Waals surface area (Å²) < 4.78 is 23.5. The summed E-state index contributed by atoms with van der Waals surface area (Å²) in [4.78, 5) is 22.9. The highest BCUT2D eigenvalue weighted by molar-refractivity contribution is 9.10. The van der Waals surface area contributed by atoms with Crippen LogP contribution in [0.25, 0.3) is 0 Å². The van der Waals surface area contributed by atoms with Crippen LogP contribution in [0.4, 0.5) is 0 Å². The Morgan fingerprint density at radius 1 is 1.38 bits per heavy atom. The molecule has 0 fully saturated rings. The second kappa shape index (κ2) is 7.04. The maximum atomic E-state index is 11.9. The van der Waals surface area contributed by atoms with Gasteiger partial charge in [-0.25, -0.2) is 8.42 Å². The molecule has 1 rings (SSSR count). The maximum absolute atomic E-state index is 11.9. The number of rotatable bonds is 6. The molecule has 0 spiro atoms. The quantitative estimate of drug-likeness (QED) is 0.782. The Balaban J connectivity index is 2.99. The van der Waals surface area contributed by atoms with Gasteiger partial charge in [0.2, 0.25) is 5.91 Å². The van der Waals surface area contributed by atoms with E-state index in [1.165, 1.54) is 6.92 Å². The van der Waals surface area contributed by atoms with Crippen molar-refractivity contribution < 1.29 is 23.1 Å². The first-order valence-electron chi connectivity index (χ1n) is 6.07. The van der Waals surface area contributed by atoms with Crippen LogP contribution >= 0.6 is 15.9 Å². The smallest absolute Gasteiger partial charge is 0.305 e. The SMILES string of the molecule is CC(C(=O)NC(CC(=O)O)c1cccc(Br)c1)S(C)(=O)=O. The van der Waals surface area contributed by atoms with Crippen molar-refractivity contribution in [3.05, 3.63) is 34.3 Å². The third-order valence-corrected chi connectivity index (χ3v) is 4.95. The summed E-state index contributed by atoms with van der Waals surface area (Å²) in [5, 5.41) is 10.2. The third-order valence-electron chi connectivity index (χ3n) is 2.96. The largest absolute Gasteiger partial charge is 0.481 e. The van der Waals surface area contributed by atoms with Gasteiger partial charge in [0, 0.05) is 10.7 Å². The lowest BCUT2D eigenvalue weighted by molar-refractivity contribution is -0.137. The molecule has 0 aromatic heterocycles. The Morgan fingerprint density at radius 3 is 2.48 bits per heavy atom. The first kappa shape index (κ1) is 17.6. The molecule has 1 aromatic carbocycles. The fourth-order valence-electron chi connectivity index (χ4n) is 1.63. The van der Waals surface area contributed by atoms with E-state index in [-0.39, 0.29) is 6.42 Å². The summed E-state index contributed by atoms with van der Waals surface area (Å²) in [6, 6.07) is 6.03. The zero-order valence-electron chi connectivity index (χ0n) is 11.5. The molecule has 0 saturated carbocycles. The molecule has 2 unspecified atom stereocenters. The molecule has 8 heteroatoms. The third kappa shape index (κ3) is 5.47. The van der Waals surface area contributed by atoms with E-state index in [2.05, 4.69) is 21.2 Å². The van der Waals surface area contributed by atoms with Crippen LogP contribution in [0.1, 0.15) is 24.9 Å². The molecule has 2 atom stereocenters. The molecule has 0 radical (unpaired) electrons. The Bertz CT molecular complexity index is 644. The Kier molecular flexibility index (Phi) is 5.91. The van der Waals surface area contributed by atoms with Gasteiger partial charge in [-0.1, -0.05) is 28.1 Å². The highest BCUT2D eigenvalue weighted by Gasteiger charge is 2.27. The first-order chi connectivity index (χ1) is 9.61. The number of amides is 1. The van der Waals surface area contributed by atoms with E-state index in [0.717, 1.165) is 10.7 Å². The molecule has 1 amide bonds. The number of hydrogen-bond acceptors (Lipinski definition) is 4. The number of benzene rings is 1. The Labute approximate surface area is 131 Å². The molecule has 2 N–H and O–H groups in total. The van der Waals surface area contributed by atoms with Crippen molar-refractivity contribution in [1.82, 2.24) is 5.32 Å². The van der Waals surface area contributed by atoms with Crippen molar-refractivity contribution >= 4 is 37.6 Å². The first-order valence-corrected chi connectivity index (χ1v) is 8.82. The zero-order valence-corrected chi connectivity index (χ0v) is 13.9. The lowest BCUT2D eigenvalue weighted by Gasteiger charge is -2.19. The van der Waals surface area contributed by atoms with Gasteiger partial charge >= 0.3 is 5.97 Å². The number of carboxylic acids is 1. The number of carbonyl (C=O) groups excluding carboxylic acids is 1. The standard InChI is InChI=1S/C13H16BrNO5S/c1-8(21(2,19)20)13(18)15-11(7-12(16)17)9-4-3-5-10(14)6-9/h3-6,8,11H,7H2,1-2H3,(H,15,18)(H,16,17). The van der Waals surface area contributed by atoms with Gasteiger partial charge in [0.1, 0.15) is 5.25 Å². The topological polar surface area (TPSA) is 101 Å². The molecule has 1 aromatic rings. The summed E-state index contributed by atoms with van der Waals surface area (Å²) >= 11 is 3.27. The van der Waals surface area contributed by atoms with Gasteiger partial charge in [0.05, 0.1) is 12.5 Å². The predicted molar refractivity (Wildman–Crippen MR) is 81.6 cm³/mol. The van der Waals surface area contributed by atoms with Crippen molar-refractivity contribution in [3.8, 4) is 0 Å². The van der Waals surface area contributed by atoms with Crippen LogP contribution < -0.4 is 5.32 Å². The summed E-state index contributed by atoms with van der Waals surface area (Å²) in [6.07, 6.45) is 0.626. The van der Waals surface area contributed by atoms with Crippen molar-refractivity contribution in [3.63, 3.8) is 0 Å². The monoisotopic (exact) mass is 377 g/mol. The fourth-order valence-corrected chi connectivity index (χ4v) is 2.51. The average Bonchev–Trinajstić information content (AvgIpc) is 2.35. The van der Waals surface area contributed by atoms with Crippen LogP contribution in [0.3, 0.4) is 0 Å². The van der Waals surface area contributed by atoms with Crippen LogP contribution in [0.2, 0.25) is 0 Å². The van der Waals surface area contributed by atoms with E-state index in [4.69, 9.17) is 5.11 Å². The lowest BCUT2D eigenvalue weighted by Crippen LogP contribution is -2.40. The molecular formula is C13H16BrNO5S. The van der Waals surface area contributed by atoms with E-state index in [0.29, 0.717) is 5.56 Å². The van der Waals surface area contributed by atoms with Gasteiger partial charge in [-0.3, -0.25) is 9.59 Å². The molecule has 0 bridgehead atoms. The predicted octanol–water partition coefficient (Wildman–Crippen LogP) is 1.51. The fraction of sp³-hybridized carbons (Fsp3) is 0.385. The number of nitrogens with one attached hydrogen (secondary N) is 1. The second-order valence-electron chi connectivity index (χ2n) is 4.69. The van der Waals surface area contributed by atoms with E-state index in [1.54, 1.807) is 24.3 Å². The molecule has 0 aliphatic carbocycles. The van der Waals surface area contributed by atoms with Crippen LogP contribution in [0, 0.1) is 0 Å². The maximum Gasteiger partial charge on any atom is 0.305 e. The van der Waals surface area contributed by atoms with Crippen LogP contribution in [-0.4, -0.2) is 36.9 Å². The highest BCUT2D eigenvalue weighted by atomic mass is 79.9. The Hall–Kier alpha value is -1.41. The van der Waals surface area contributed by atoms with Crippen LogP contribution in [0.15, 0.2) is 28.7 Å². The molecule has 0 aliphatic heterocycles. The van der Waals surface area contributed by atoms with Gasteiger partial charge in [0.15, 0.2) is 9.84 Å². The van der Waals surface area contributed by atoms with E-state index in [9.17, 15) is 18.0 Å². The molecule has 21 heavy (non-hydrogen) atoms. The average molecular weight is 378 g/mol. The lowest BCUT2D eigenvalue weighted by atomic mass is 10.0. The highest BCUT2D eigenvalue weighted by Crippen LogP contribution is 2.21. The number of carbonyl (C=O) groups is 2. The van der Waals surface area contributed by atoms with Crippen molar-refractivity contribution in [1.29, 1.82) is 0 Å². The molecular weight excluding hydrogens is 362 g/mol. The van der Waals surface area contributed by atoms with Crippen LogP contribution in [0.5, 0.6) is 0 Å². The van der Waals surface area contributed by atoms with Crippen molar-refractivity contribution in [2.45, 2.75) is 24.6 Å². The number of carboxylic acid groups (broad SMARTS) is 1. The summed E-state index contributed by atoms with van der Waals surface area (Å²) in [5.74, 6) is -1.81. The van der Waals surface area contributed by atoms with E-state index >= 15 is 0 Å². The minimum Gasteiger partial charge on any atom is -0.481 e. The summed E-state index contributed by atoms with van der Waals surface area (Å²) in [6.45, 7) is 1.27. The van der Waals surface area contributed by atoms with Gasteiger partial charge in [-0.15, -0.1) is 0 Å². The molecule has 0 heterocycles. The summed E-state index contributed by atoms with van der Waals surface area (Å²) in [7, 11) is -3.54. The second-order valence-corrected chi connectivity index (χ2v) is 7.97. The molecule has 0 aliphatic rings. The molecule has 0 saturated heterocycles. The van der Waals surface area contributed by atoms with Gasteiger partial charge < -0.3 is 10.4 Å². The van der Waals surface area contributed by atoms with Crippen molar-refractivity contribution in [2.75, 3.05) is 6.26 Å². The van der Waals surface area contributed by atoms with Crippen LogP contribution in [-0.2, 0) is 19.4 Å². The van der Waals surface area contributed by atoms with E-state index in [1.807, 2.05) is 0 Å². The Morgan fingerprint density at radius 2 is 2.00 bits per heavy atom. The number of sulfone groups is 1. The summed E-state index contributed by atoms with van der Waals surface area (Å²) in [5.41, 5.74) is 0.584. The molecule has 116 valence electrons. The number of hydrogen-bond donors (Lipinski definition) is 2. The van der Waals surface area contributed by atoms with Gasteiger partial charge in [-0.05, 0) is 24.6 Å². The zero-order chi connectivity index (χ0) is 16.2. The number of halogens is 1. The minimum atomic E-state index is -3.54.